The number of aromatic nitrogens is 3. The van der Waals surface area contributed by atoms with Crippen molar-refractivity contribution < 1.29 is 9.90 Å². The summed E-state index contributed by atoms with van der Waals surface area (Å²) in [6, 6.07) is 0. The summed E-state index contributed by atoms with van der Waals surface area (Å²) in [5, 5.41) is 13.7. The van der Waals surface area contributed by atoms with E-state index in [4.69, 9.17) is 0 Å². The number of nitrogens with zero attached hydrogens (tertiary/aromatic N) is 3. The Morgan fingerprint density at radius 2 is 2.27 bits per heavy atom. The van der Waals surface area contributed by atoms with Gasteiger partial charge in [-0.2, -0.15) is 5.10 Å². The number of ketones is 1. The van der Waals surface area contributed by atoms with Crippen molar-refractivity contribution in [3.05, 3.63) is 12.7 Å². The van der Waals surface area contributed by atoms with Crippen molar-refractivity contribution in [1.82, 2.24) is 14.8 Å². The third-order valence-electron chi connectivity index (χ3n) is 2.58. The molecule has 1 aromatic rings. The van der Waals surface area contributed by atoms with Crippen molar-refractivity contribution in [3.8, 4) is 0 Å². The van der Waals surface area contributed by atoms with E-state index < -0.39 is 11.5 Å². The fourth-order valence-electron chi connectivity index (χ4n) is 1.44. The lowest BCUT2D eigenvalue weighted by Gasteiger charge is -2.28. The summed E-state index contributed by atoms with van der Waals surface area (Å²) in [6.07, 6.45) is 2.85. The van der Waals surface area contributed by atoms with Crippen LogP contribution in [-0.2, 0) is 11.3 Å². The van der Waals surface area contributed by atoms with Crippen LogP contribution in [0.3, 0.4) is 0 Å². The predicted molar refractivity (Wildman–Crippen MR) is 55.1 cm³/mol. The standard InChI is InChI=1S/C10H17N3O2/c1-8(14)9(15)10(2,3)4-5-13-7-11-6-12-13/h6-7,9,15H,4-5H2,1-3H3. The maximum Gasteiger partial charge on any atom is 0.158 e. The Kier molecular flexibility index (Phi) is 3.57. The number of aryl methyl sites for hydroxylation is 1. The summed E-state index contributed by atoms with van der Waals surface area (Å²) >= 11 is 0. The Labute approximate surface area is 89.1 Å². The highest BCUT2D eigenvalue weighted by Gasteiger charge is 2.30. The van der Waals surface area contributed by atoms with Gasteiger partial charge in [-0.25, -0.2) is 4.98 Å². The monoisotopic (exact) mass is 211 g/mol. The summed E-state index contributed by atoms with van der Waals surface area (Å²) in [6.45, 7) is 5.80. The van der Waals surface area contributed by atoms with E-state index in [1.165, 1.54) is 13.3 Å². The average molecular weight is 211 g/mol. The lowest BCUT2D eigenvalue weighted by Crippen LogP contribution is -2.36. The molecule has 0 fully saturated rings. The molecule has 0 radical (unpaired) electrons. The molecule has 0 aliphatic rings. The molecule has 1 atom stereocenters. The van der Waals surface area contributed by atoms with Crippen LogP contribution in [0.1, 0.15) is 27.2 Å². The molecule has 1 aromatic heterocycles. The van der Waals surface area contributed by atoms with Gasteiger partial charge < -0.3 is 5.11 Å². The van der Waals surface area contributed by atoms with Crippen LogP contribution in [-0.4, -0.2) is 31.8 Å². The number of Topliss-reactive ketones (excluding diaryl/α,β-unsaturated/α-hetero) is 1. The molecule has 1 rings (SSSR count). The molecule has 15 heavy (non-hydrogen) atoms. The van der Waals surface area contributed by atoms with E-state index >= 15 is 0 Å². The molecule has 1 unspecified atom stereocenters. The summed E-state index contributed by atoms with van der Waals surface area (Å²) in [5.74, 6) is -0.196. The number of aliphatic hydroxyl groups excluding tert-OH is 1. The number of carbonyl (C=O) groups is 1. The van der Waals surface area contributed by atoms with Crippen LogP contribution >= 0.6 is 0 Å². The second kappa shape index (κ2) is 4.53. The SMILES string of the molecule is CC(=O)C(O)C(C)(C)CCn1cncn1. The van der Waals surface area contributed by atoms with Gasteiger partial charge in [-0.1, -0.05) is 13.8 Å². The minimum absolute atomic E-state index is 0.196. The predicted octanol–water partition coefficient (Wildman–Crippen LogP) is 0.644. The van der Waals surface area contributed by atoms with Gasteiger partial charge in [-0.15, -0.1) is 0 Å². The van der Waals surface area contributed by atoms with Gasteiger partial charge in [0.2, 0.25) is 0 Å². The maximum absolute atomic E-state index is 11.1. The van der Waals surface area contributed by atoms with E-state index in [2.05, 4.69) is 10.1 Å². The van der Waals surface area contributed by atoms with Crippen molar-refractivity contribution in [2.24, 2.45) is 5.41 Å². The summed E-state index contributed by atoms with van der Waals surface area (Å²) in [5.41, 5.74) is -0.433. The molecule has 5 nitrogen and oxygen atoms in total. The van der Waals surface area contributed by atoms with E-state index in [-0.39, 0.29) is 5.78 Å². The molecule has 0 saturated carbocycles. The first-order chi connectivity index (χ1) is 6.93. The molecule has 0 saturated heterocycles. The minimum atomic E-state index is -0.916. The smallest absolute Gasteiger partial charge is 0.158 e. The van der Waals surface area contributed by atoms with E-state index in [0.29, 0.717) is 13.0 Å². The largest absolute Gasteiger partial charge is 0.385 e. The van der Waals surface area contributed by atoms with Crippen molar-refractivity contribution in [2.75, 3.05) is 0 Å². The molecule has 84 valence electrons. The molecule has 0 aliphatic heterocycles. The summed E-state index contributed by atoms with van der Waals surface area (Å²) in [4.78, 5) is 14.9. The quantitative estimate of drug-likeness (QED) is 0.776. The summed E-state index contributed by atoms with van der Waals surface area (Å²) in [7, 11) is 0. The fourth-order valence-corrected chi connectivity index (χ4v) is 1.44. The zero-order valence-electron chi connectivity index (χ0n) is 9.34. The van der Waals surface area contributed by atoms with Crippen molar-refractivity contribution in [3.63, 3.8) is 0 Å². The van der Waals surface area contributed by atoms with E-state index in [1.54, 1.807) is 11.0 Å². The van der Waals surface area contributed by atoms with Gasteiger partial charge in [-0.05, 0) is 18.8 Å². The zero-order chi connectivity index (χ0) is 11.5. The molecule has 0 bridgehead atoms. The lowest BCUT2D eigenvalue weighted by molar-refractivity contribution is -0.131. The zero-order valence-corrected chi connectivity index (χ0v) is 9.34. The third-order valence-corrected chi connectivity index (χ3v) is 2.58. The van der Waals surface area contributed by atoms with Crippen LogP contribution in [0.25, 0.3) is 0 Å². The van der Waals surface area contributed by atoms with Gasteiger partial charge >= 0.3 is 0 Å². The topological polar surface area (TPSA) is 68.0 Å². The van der Waals surface area contributed by atoms with Crippen molar-refractivity contribution in [1.29, 1.82) is 0 Å². The Balaban J connectivity index is 2.53. The number of carbonyl (C=O) groups excluding carboxylic acids is 1. The number of aliphatic hydroxyl groups is 1. The second-order valence-electron chi connectivity index (χ2n) is 4.41. The molecule has 1 heterocycles. The highest BCUT2D eigenvalue weighted by Crippen LogP contribution is 2.26. The molecule has 1 N–H and O–H groups in total. The van der Waals surface area contributed by atoms with Crippen LogP contribution < -0.4 is 0 Å². The Morgan fingerprint density at radius 3 is 2.73 bits per heavy atom. The molecule has 5 heteroatoms. The minimum Gasteiger partial charge on any atom is -0.385 e. The van der Waals surface area contributed by atoms with Gasteiger partial charge in [0.25, 0.3) is 0 Å². The highest BCUT2D eigenvalue weighted by molar-refractivity contribution is 5.80. The first-order valence-electron chi connectivity index (χ1n) is 4.94. The van der Waals surface area contributed by atoms with Crippen molar-refractivity contribution >= 4 is 5.78 Å². The van der Waals surface area contributed by atoms with E-state index in [0.717, 1.165) is 0 Å². The number of hydrogen-bond donors (Lipinski definition) is 1. The number of hydrogen-bond acceptors (Lipinski definition) is 4. The van der Waals surface area contributed by atoms with Crippen LogP contribution in [0.2, 0.25) is 0 Å². The first-order valence-corrected chi connectivity index (χ1v) is 4.94. The van der Waals surface area contributed by atoms with E-state index in [1.807, 2.05) is 13.8 Å². The molecule has 0 aromatic carbocycles. The maximum atomic E-state index is 11.1. The van der Waals surface area contributed by atoms with E-state index in [9.17, 15) is 9.90 Å². The fraction of sp³-hybridized carbons (Fsp3) is 0.700. The van der Waals surface area contributed by atoms with Crippen LogP contribution in [0, 0.1) is 5.41 Å². The third kappa shape index (κ3) is 3.13. The molecule has 0 amide bonds. The lowest BCUT2D eigenvalue weighted by atomic mass is 9.81. The Bertz CT molecular complexity index is 319. The van der Waals surface area contributed by atoms with Gasteiger partial charge in [0.05, 0.1) is 0 Å². The van der Waals surface area contributed by atoms with Gasteiger partial charge in [0.1, 0.15) is 18.8 Å². The number of rotatable bonds is 5. The highest BCUT2D eigenvalue weighted by atomic mass is 16.3. The van der Waals surface area contributed by atoms with Gasteiger partial charge in [-0.3, -0.25) is 9.48 Å². The molecule has 0 spiro atoms. The summed E-state index contributed by atoms with van der Waals surface area (Å²) < 4.78 is 1.69. The van der Waals surface area contributed by atoms with Crippen molar-refractivity contribution in [2.45, 2.75) is 39.8 Å². The average Bonchev–Trinajstić information content (AvgIpc) is 2.66. The molecule has 0 aliphatic carbocycles. The van der Waals surface area contributed by atoms with Crippen LogP contribution in [0.5, 0.6) is 0 Å². The molecular weight excluding hydrogens is 194 g/mol. The van der Waals surface area contributed by atoms with Crippen LogP contribution in [0.15, 0.2) is 12.7 Å². The van der Waals surface area contributed by atoms with Crippen LogP contribution in [0.4, 0.5) is 0 Å². The Morgan fingerprint density at radius 1 is 1.60 bits per heavy atom. The van der Waals surface area contributed by atoms with Gasteiger partial charge in [0, 0.05) is 6.54 Å². The Hall–Kier alpha value is -1.23. The van der Waals surface area contributed by atoms with Gasteiger partial charge in [0.15, 0.2) is 5.78 Å². The second-order valence-corrected chi connectivity index (χ2v) is 4.41. The normalized spacial score (nSPS) is 13.9. The first kappa shape index (κ1) is 11.8. The molecular formula is C10H17N3O2.